The number of hydrogen-bond donors (Lipinski definition) is 0. The summed E-state index contributed by atoms with van der Waals surface area (Å²) in [6.07, 6.45) is 15.1. The number of ether oxygens (including phenoxy) is 4. The Morgan fingerprint density at radius 3 is 1.95 bits per heavy atom. The third-order valence-corrected chi connectivity index (χ3v) is 7.20. The molecule has 0 aromatic heterocycles. The van der Waals surface area contributed by atoms with Crippen molar-refractivity contribution in [1.82, 2.24) is 0 Å². The lowest BCUT2D eigenvalue weighted by atomic mass is 9.89. The van der Waals surface area contributed by atoms with Gasteiger partial charge in [0, 0.05) is 24.9 Å². The minimum atomic E-state index is -0.314. The molecule has 0 bridgehead atoms. The summed E-state index contributed by atoms with van der Waals surface area (Å²) in [6, 6.07) is 8.35. The van der Waals surface area contributed by atoms with Gasteiger partial charge >= 0.3 is 11.9 Å². The zero-order valence-electron chi connectivity index (χ0n) is 25.7. The van der Waals surface area contributed by atoms with Crippen molar-refractivity contribution in [3.63, 3.8) is 0 Å². The number of carbonyl (C=O) groups is 2. The number of benzene rings is 1. The summed E-state index contributed by atoms with van der Waals surface area (Å²) in [5, 5.41) is 0. The van der Waals surface area contributed by atoms with Crippen LogP contribution < -0.4 is 4.74 Å². The van der Waals surface area contributed by atoms with Crippen molar-refractivity contribution in [2.24, 2.45) is 0 Å². The van der Waals surface area contributed by atoms with E-state index in [1.807, 2.05) is 19.1 Å². The van der Waals surface area contributed by atoms with Crippen molar-refractivity contribution < 1.29 is 28.5 Å². The largest absolute Gasteiger partial charge is 0.494 e. The summed E-state index contributed by atoms with van der Waals surface area (Å²) in [5.74, 6) is 0.371. The Kier molecular flexibility index (Phi) is 16.5. The minimum absolute atomic E-state index is 0.203. The van der Waals surface area contributed by atoms with Gasteiger partial charge in [-0.05, 0) is 114 Å². The van der Waals surface area contributed by atoms with Crippen molar-refractivity contribution in [2.75, 3.05) is 33.5 Å². The van der Waals surface area contributed by atoms with E-state index < -0.39 is 0 Å². The van der Waals surface area contributed by atoms with E-state index in [0.29, 0.717) is 31.0 Å². The standard InChI is InChI=1S/C35H50O6/c1-27(2)34(36)40-24-12-9-8-11-23-39-32-19-16-30(17-20-32)14-15-31-18-21-33(28(3)26-31)29(4)35(37)41-25-13-7-6-10-22-38-5/h16-20,26H,1,6-15,21-25H2,2-5H3. The highest BCUT2D eigenvalue weighted by atomic mass is 16.5. The monoisotopic (exact) mass is 566 g/mol. The summed E-state index contributed by atoms with van der Waals surface area (Å²) >= 11 is 0. The molecule has 0 aliphatic heterocycles. The molecule has 0 radical (unpaired) electrons. The van der Waals surface area contributed by atoms with Gasteiger partial charge in [0.15, 0.2) is 0 Å². The number of rotatable bonds is 20. The van der Waals surface area contributed by atoms with Gasteiger partial charge in [0.2, 0.25) is 0 Å². The average Bonchev–Trinajstić information content (AvgIpc) is 2.97. The van der Waals surface area contributed by atoms with Crippen molar-refractivity contribution in [3.05, 3.63) is 76.4 Å². The average molecular weight is 567 g/mol. The number of aryl methyl sites for hydroxylation is 1. The van der Waals surface area contributed by atoms with Crippen LogP contribution in [-0.4, -0.2) is 45.5 Å². The van der Waals surface area contributed by atoms with E-state index in [4.69, 9.17) is 18.9 Å². The Bertz CT molecular complexity index is 1060. The third-order valence-electron chi connectivity index (χ3n) is 7.20. The molecule has 0 saturated heterocycles. The summed E-state index contributed by atoms with van der Waals surface area (Å²) in [7, 11) is 1.72. The van der Waals surface area contributed by atoms with Crippen LogP contribution in [0.1, 0.15) is 90.5 Å². The third kappa shape index (κ3) is 13.9. The molecule has 1 aromatic rings. The second kappa shape index (κ2) is 19.9. The van der Waals surface area contributed by atoms with Gasteiger partial charge in [0.1, 0.15) is 5.75 Å². The summed E-state index contributed by atoms with van der Waals surface area (Å²) in [4.78, 5) is 23.9. The smallest absolute Gasteiger partial charge is 0.334 e. The van der Waals surface area contributed by atoms with Crippen LogP contribution in [0.3, 0.4) is 0 Å². The highest BCUT2D eigenvalue weighted by Gasteiger charge is 2.16. The molecule has 226 valence electrons. The fourth-order valence-electron chi connectivity index (χ4n) is 4.62. The van der Waals surface area contributed by atoms with Crippen LogP contribution in [0.15, 0.2) is 70.9 Å². The molecule has 6 nitrogen and oxygen atoms in total. The predicted molar refractivity (Wildman–Crippen MR) is 165 cm³/mol. The van der Waals surface area contributed by atoms with Crippen LogP contribution in [-0.2, 0) is 30.2 Å². The van der Waals surface area contributed by atoms with E-state index in [2.05, 4.69) is 37.8 Å². The van der Waals surface area contributed by atoms with Gasteiger partial charge in [0.05, 0.1) is 19.8 Å². The first-order valence-corrected chi connectivity index (χ1v) is 15.1. The normalized spacial score (nSPS) is 14.1. The molecular formula is C35H50O6. The van der Waals surface area contributed by atoms with Crippen LogP contribution in [0.5, 0.6) is 5.75 Å². The quantitative estimate of drug-likeness (QED) is 0.0904. The fraction of sp³-hybridized carbons (Fsp3) is 0.543. The van der Waals surface area contributed by atoms with Crippen LogP contribution >= 0.6 is 0 Å². The van der Waals surface area contributed by atoms with Crippen molar-refractivity contribution >= 4 is 11.9 Å². The molecule has 0 heterocycles. The summed E-state index contributed by atoms with van der Waals surface area (Å²) in [5.41, 5.74) is 5.96. The molecule has 6 heteroatoms. The maximum Gasteiger partial charge on any atom is 0.334 e. The maximum atomic E-state index is 12.5. The number of unbranched alkanes of at least 4 members (excludes halogenated alkanes) is 6. The summed E-state index contributed by atoms with van der Waals surface area (Å²) < 4.78 is 21.6. The van der Waals surface area contributed by atoms with Crippen LogP contribution in [0.4, 0.5) is 0 Å². The van der Waals surface area contributed by atoms with Crippen molar-refractivity contribution in [2.45, 2.75) is 91.4 Å². The van der Waals surface area contributed by atoms with Gasteiger partial charge in [-0.3, -0.25) is 0 Å². The van der Waals surface area contributed by atoms with E-state index in [1.165, 1.54) is 11.1 Å². The Hall–Kier alpha value is -3.12. The lowest BCUT2D eigenvalue weighted by Crippen LogP contribution is -2.11. The van der Waals surface area contributed by atoms with E-state index in [0.717, 1.165) is 94.1 Å². The molecule has 1 aromatic carbocycles. The first kappa shape index (κ1) is 34.1. The Labute approximate surface area is 247 Å². The van der Waals surface area contributed by atoms with E-state index in [1.54, 1.807) is 14.0 Å². The van der Waals surface area contributed by atoms with Crippen molar-refractivity contribution in [1.29, 1.82) is 0 Å². The molecule has 0 saturated carbocycles. The van der Waals surface area contributed by atoms with Gasteiger partial charge in [-0.15, -0.1) is 0 Å². The first-order chi connectivity index (χ1) is 19.8. The molecule has 1 aliphatic rings. The molecule has 0 N–H and O–H groups in total. The van der Waals surface area contributed by atoms with Crippen LogP contribution in [0, 0.1) is 0 Å². The van der Waals surface area contributed by atoms with Crippen LogP contribution in [0.2, 0.25) is 0 Å². The van der Waals surface area contributed by atoms with Gasteiger partial charge in [0.25, 0.3) is 0 Å². The molecule has 0 atom stereocenters. The molecule has 41 heavy (non-hydrogen) atoms. The topological polar surface area (TPSA) is 71.1 Å². The molecule has 0 spiro atoms. The van der Waals surface area contributed by atoms with E-state index in [9.17, 15) is 9.59 Å². The number of allylic oxidation sites excluding steroid dienone is 5. The van der Waals surface area contributed by atoms with Crippen LogP contribution in [0.25, 0.3) is 0 Å². The number of hydrogen-bond acceptors (Lipinski definition) is 6. The zero-order valence-corrected chi connectivity index (χ0v) is 25.7. The number of carbonyl (C=O) groups excluding carboxylic acids is 2. The Morgan fingerprint density at radius 2 is 1.37 bits per heavy atom. The molecule has 0 fully saturated rings. The Balaban J connectivity index is 1.65. The fourth-order valence-corrected chi connectivity index (χ4v) is 4.62. The molecule has 0 amide bonds. The number of esters is 2. The van der Waals surface area contributed by atoms with Crippen molar-refractivity contribution in [3.8, 4) is 5.75 Å². The highest BCUT2D eigenvalue weighted by Crippen LogP contribution is 2.28. The zero-order chi connectivity index (χ0) is 29.9. The van der Waals surface area contributed by atoms with E-state index >= 15 is 0 Å². The molecule has 2 rings (SSSR count). The SMILES string of the molecule is C=C(C)C(=O)OCCCCCCOc1ccc(CCC2=CCC(=C(C)C(=O)OCCCCCCOC)C(C)=C2)cc1. The minimum Gasteiger partial charge on any atom is -0.494 e. The second-order valence-corrected chi connectivity index (χ2v) is 10.8. The maximum absolute atomic E-state index is 12.5. The highest BCUT2D eigenvalue weighted by molar-refractivity contribution is 5.90. The molecule has 0 unspecified atom stereocenters. The van der Waals surface area contributed by atoms with E-state index in [-0.39, 0.29) is 11.9 Å². The van der Waals surface area contributed by atoms with Gasteiger partial charge < -0.3 is 18.9 Å². The first-order valence-electron chi connectivity index (χ1n) is 15.1. The predicted octanol–water partition coefficient (Wildman–Crippen LogP) is 8.02. The van der Waals surface area contributed by atoms with Gasteiger partial charge in [-0.25, -0.2) is 9.59 Å². The lowest BCUT2D eigenvalue weighted by molar-refractivity contribution is -0.140. The van der Waals surface area contributed by atoms with Gasteiger partial charge in [-0.2, -0.15) is 0 Å². The number of methoxy groups -OCH3 is 1. The lowest BCUT2D eigenvalue weighted by Gasteiger charge is -2.17. The molecular weight excluding hydrogens is 516 g/mol. The Morgan fingerprint density at radius 1 is 0.780 bits per heavy atom. The van der Waals surface area contributed by atoms with Gasteiger partial charge in [-0.1, -0.05) is 42.9 Å². The molecule has 1 aliphatic carbocycles. The second-order valence-electron chi connectivity index (χ2n) is 10.8. The summed E-state index contributed by atoms with van der Waals surface area (Å²) in [6.45, 7) is 11.6.